The summed E-state index contributed by atoms with van der Waals surface area (Å²) < 4.78 is 38.5. The number of carbonyl (C=O) groups excluding carboxylic acids is 2. The number of piperidine rings is 1. The summed E-state index contributed by atoms with van der Waals surface area (Å²) in [7, 11) is 0. The fourth-order valence-corrected chi connectivity index (χ4v) is 2.78. The van der Waals surface area contributed by atoms with Gasteiger partial charge in [0, 0.05) is 24.7 Å². The van der Waals surface area contributed by atoms with Gasteiger partial charge in [-0.3, -0.25) is 9.59 Å². The Morgan fingerprint density at radius 3 is 2.46 bits per heavy atom. The standard InChI is InChI=1S/C16H16ClF3N2O2/c1-2-14(23)22-7-5-10(6-8-22)15(24)21-11-3-4-13(17)12(9-11)16(18,19)20/h2-4,9-10H,1,5-8H2,(H,21,24). The quantitative estimate of drug-likeness (QED) is 0.835. The Balaban J connectivity index is 2.01. The van der Waals surface area contributed by atoms with E-state index < -0.39 is 16.8 Å². The number of carbonyl (C=O) groups is 2. The predicted octanol–water partition coefficient (Wildman–Crippen LogP) is 3.72. The summed E-state index contributed by atoms with van der Waals surface area (Å²) in [5, 5.41) is 2.07. The largest absolute Gasteiger partial charge is 0.417 e. The highest BCUT2D eigenvalue weighted by molar-refractivity contribution is 6.31. The van der Waals surface area contributed by atoms with E-state index in [-0.39, 0.29) is 23.4 Å². The molecule has 1 aliphatic heterocycles. The van der Waals surface area contributed by atoms with E-state index in [9.17, 15) is 22.8 Å². The zero-order valence-electron chi connectivity index (χ0n) is 12.7. The van der Waals surface area contributed by atoms with E-state index in [4.69, 9.17) is 11.6 Å². The Morgan fingerprint density at radius 1 is 1.29 bits per heavy atom. The van der Waals surface area contributed by atoms with Crippen LogP contribution in [0.15, 0.2) is 30.9 Å². The highest BCUT2D eigenvalue weighted by atomic mass is 35.5. The first kappa shape index (κ1) is 18.3. The van der Waals surface area contributed by atoms with Crippen molar-refractivity contribution in [3.63, 3.8) is 0 Å². The molecule has 1 aliphatic rings. The number of halogens is 4. The van der Waals surface area contributed by atoms with Gasteiger partial charge in [0.15, 0.2) is 0 Å². The average Bonchev–Trinajstić information content (AvgIpc) is 2.55. The van der Waals surface area contributed by atoms with Gasteiger partial charge in [-0.2, -0.15) is 13.2 Å². The first-order valence-electron chi connectivity index (χ1n) is 7.31. The predicted molar refractivity (Wildman–Crippen MR) is 84.6 cm³/mol. The van der Waals surface area contributed by atoms with E-state index in [0.717, 1.165) is 12.1 Å². The Hall–Kier alpha value is -2.02. The van der Waals surface area contributed by atoms with Crippen LogP contribution in [0.1, 0.15) is 18.4 Å². The monoisotopic (exact) mass is 360 g/mol. The summed E-state index contributed by atoms with van der Waals surface area (Å²) in [5.41, 5.74) is -0.949. The van der Waals surface area contributed by atoms with Gasteiger partial charge in [0.1, 0.15) is 0 Å². The number of anilines is 1. The molecule has 0 radical (unpaired) electrons. The third-order valence-corrected chi connectivity index (χ3v) is 4.22. The maximum absolute atomic E-state index is 12.8. The summed E-state index contributed by atoms with van der Waals surface area (Å²) in [4.78, 5) is 25.3. The molecule has 1 aromatic rings. The van der Waals surface area contributed by atoms with Gasteiger partial charge in [-0.25, -0.2) is 0 Å². The lowest BCUT2D eigenvalue weighted by Gasteiger charge is -2.30. The van der Waals surface area contributed by atoms with E-state index in [0.29, 0.717) is 25.9 Å². The molecule has 0 aliphatic carbocycles. The Morgan fingerprint density at radius 2 is 1.92 bits per heavy atom. The molecular formula is C16H16ClF3N2O2. The number of hydrogen-bond acceptors (Lipinski definition) is 2. The Labute approximate surface area is 142 Å². The van der Waals surface area contributed by atoms with Crippen LogP contribution in [0, 0.1) is 5.92 Å². The van der Waals surface area contributed by atoms with Crippen molar-refractivity contribution in [2.24, 2.45) is 5.92 Å². The topological polar surface area (TPSA) is 49.4 Å². The number of rotatable bonds is 3. The van der Waals surface area contributed by atoms with Gasteiger partial charge >= 0.3 is 6.18 Å². The molecule has 0 aromatic heterocycles. The Kier molecular flexibility index (Phi) is 5.54. The second kappa shape index (κ2) is 7.25. The highest BCUT2D eigenvalue weighted by Crippen LogP contribution is 2.36. The second-order valence-electron chi connectivity index (χ2n) is 5.49. The molecule has 24 heavy (non-hydrogen) atoms. The fraction of sp³-hybridized carbons (Fsp3) is 0.375. The van der Waals surface area contributed by atoms with Crippen LogP contribution in [0.25, 0.3) is 0 Å². The highest BCUT2D eigenvalue weighted by Gasteiger charge is 2.34. The van der Waals surface area contributed by atoms with Crippen LogP contribution in [0.2, 0.25) is 5.02 Å². The van der Waals surface area contributed by atoms with Crippen LogP contribution in [-0.2, 0) is 15.8 Å². The molecule has 1 fully saturated rings. The molecular weight excluding hydrogens is 345 g/mol. The maximum Gasteiger partial charge on any atom is 0.417 e. The third-order valence-electron chi connectivity index (χ3n) is 3.89. The van der Waals surface area contributed by atoms with Crippen molar-refractivity contribution < 1.29 is 22.8 Å². The van der Waals surface area contributed by atoms with Crippen molar-refractivity contribution in [1.29, 1.82) is 0 Å². The third kappa shape index (κ3) is 4.29. The van der Waals surface area contributed by atoms with Crippen molar-refractivity contribution in [3.8, 4) is 0 Å². The molecule has 130 valence electrons. The van der Waals surface area contributed by atoms with E-state index >= 15 is 0 Å². The smallest absolute Gasteiger partial charge is 0.339 e. The van der Waals surface area contributed by atoms with E-state index in [1.165, 1.54) is 12.1 Å². The van der Waals surface area contributed by atoms with Crippen molar-refractivity contribution >= 4 is 29.1 Å². The number of likely N-dealkylation sites (tertiary alicyclic amines) is 1. The van der Waals surface area contributed by atoms with Crippen LogP contribution < -0.4 is 5.32 Å². The van der Waals surface area contributed by atoms with Gasteiger partial charge in [-0.05, 0) is 37.1 Å². The van der Waals surface area contributed by atoms with Crippen LogP contribution >= 0.6 is 11.6 Å². The molecule has 0 saturated carbocycles. The van der Waals surface area contributed by atoms with E-state index in [2.05, 4.69) is 11.9 Å². The van der Waals surface area contributed by atoms with Crippen LogP contribution in [0.4, 0.5) is 18.9 Å². The number of nitrogens with one attached hydrogen (secondary N) is 1. The lowest BCUT2D eigenvalue weighted by atomic mass is 9.95. The van der Waals surface area contributed by atoms with Crippen molar-refractivity contribution in [1.82, 2.24) is 4.90 Å². The zero-order valence-corrected chi connectivity index (χ0v) is 13.5. The normalized spacial score (nSPS) is 15.9. The second-order valence-corrected chi connectivity index (χ2v) is 5.89. The average molecular weight is 361 g/mol. The van der Waals surface area contributed by atoms with Crippen LogP contribution in [0.5, 0.6) is 0 Å². The summed E-state index contributed by atoms with van der Waals surface area (Å²) in [6.45, 7) is 4.24. The zero-order chi connectivity index (χ0) is 17.9. The van der Waals surface area contributed by atoms with Crippen molar-refractivity contribution in [2.45, 2.75) is 19.0 Å². The van der Waals surface area contributed by atoms with Gasteiger partial charge in [0.25, 0.3) is 0 Å². The molecule has 0 spiro atoms. The molecule has 1 saturated heterocycles. The molecule has 1 heterocycles. The molecule has 1 aromatic carbocycles. The van der Waals surface area contributed by atoms with Crippen LogP contribution in [-0.4, -0.2) is 29.8 Å². The SMILES string of the molecule is C=CC(=O)N1CCC(C(=O)Nc2ccc(Cl)c(C(F)(F)F)c2)CC1. The van der Waals surface area contributed by atoms with E-state index in [1.807, 2.05) is 0 Å². The molecule has 4 nitrogen and oxygen atoms in total. The summed E-state index contributed by atoms with van der Waals surface area (Å²) in [6, 6.07) is 3.24. The molecule has 8 heteroatoms. The fourth-order valence-electron chi connectivity index (χ4n) is 2.56. The lowest BCUT2D eigenvalue weighted by molar-refractivity contribution is -0.137. The summed E-state index contributed by atoms with van der Waals surface area (Å²) in [5.74, 6) is -0.915. The van der Waals surface area contributed by atoms with Gasteiger partial charge in [-0.1, -0.05) is 18.2 Å². The number of amides is 2. The molecule has 2 amide bonds. The number of hydrogen-bond donors (Lipinski definition) is 1. The van der Waals surface area contributed by atoms with Gasteiger partial charge < -0.3 is 10.2 Å². The lowest BCUT2D eigenvalue weighted by Crippen LogP contribution is -2.40. The molecule has 0 atom stereocenters. The van der Waals surface area contributed by atoms with Gasteiger partial charge in [0.05, 0.1) is 10.6 Å². The molecule has 0 unspecified atom stereocenters. The summed E-state index contributed by atoms with van der Waals surface area (Å²) >= 11 is 5.55. The van der Waals surface area contributed by atoms with Gasteiger partial charge in [0.2, 0.25) is 11.8 Å². The molecule has 0 bridgehead atoms. The van der Waals surface area contributed by atoms with E-state index in [1.54, 1.807) is 4.90 Å². The molecule has 2 rings (SSSR count). The number of benzene rings is 1. The van der Waals surface area contributed by atoms with Crippen molar-refractivity contribution in [3.05, 3.63) is 41.4 Å². The molecule has 1 N–H and O–H groups in total. The maximum atomic E-state index is 12.8. The number of alkyl halides is 3. The van der Waals surface area contributed by atoms with Crippen molar-refractivity contribution in [2.75, 3.05) is 18.4 Å². The minimum atomic E-state index is -4.59. The number of nitrogens with zero attached hydrogens (tertiary/aromatic N) is 1. The minimum Gasteiger partial charge on any atom is -0.339 e. The minimum absolute atomic E-state index is 0.0429. The summed E-state index contributed by atoms with van der Waals surface area (Å²) in [6.07, 6.45) is -2.47. The first-order valence-corrected chi connectivity index (χ1v) is 7.69. The first-order chi connectivity index (χ1) is 11.2. The van der Waals surface area contributed by atoms with Gasteiger partial charge in [-0.15, -0.1) is 0 Å². The van der Waals surface area contributed by atoms with Crippen LogP contribution in [0.3, 0.4) is 0 Å². The Bertz CT molecular complexity index is 653.